The molecule has 2 aromatic rings. The Morgan fingerprint density at radius 1 is 1.29 bits per heavy atom. The highest BCUT2D eigenvalue weighted by Gasteiger charge is 2.20. The van der Waals surface area contributed by atoms with Gasteiger partial charge in [0.05, 0.1) is 4.92 Å². The average molecular weight is 306 g/mol. The predicted octanol–water partition coefficient (Wildman–Crippen LogP) is 3.39. The number of carbonyl (C=O) groups excluding carboxylic acids is 1. The molecule has 21 heavy (non-hydrogen) atoms. The Morgan fingerprint density at radius 3 is 2.67 bits per heavy atom. The summed E-state index contributed by atoms with van der Waals surface area (Å²) >= 11 is 5.87. The molecule has 0 heterocycles. The van der Waals surface area contributed by atoms with Gasteiger partial charge in [-0.05, 0) is 36.8 Å². The summed E-state index contributed by atoms with van der Waals surface area (Å²) in [6.07, 6.45) is 0. The molecule has 0 bridgehead atoms. The first kappa shape index (κ1) is 14.8. The van der Waals surface area contributed by atoms with Crippen molar-refractivity contribution in [1.82, 2.24) is 0 Å². The van der Waals surface area contributed by atoms with Gasteiger partial charge in [-0.15, -0.1) is 0 Å². The summed E-state index contributed by atoms with van der Waals surface area (Å²) in [5.41, 5.74) is 6.74. The van der Waals surface area contributed by atoms with Gasteiger partial charge in [0.25, 0.3) is 11.6 Å². The molecule has 2 rings (SSSR count). The topological polar surface area (TPSA) is 98.3 Å². The molecule has 0 fully saturated rings. The predicted molar refractivity (Wildman–Crippen MR) is 81.7 cm³/mol. The summed E-state index contributed by atoms with van der Waals surface area (Å²) in [6, 6.07) is 8.86. The zero-order valence-corrected chi connectivity index (χ0v) is 11.8. The molecule has 0 radical (unpaired) electrons. The SMILES string of the molecule is Cc1ccc(Cl)cc1NC(=O)c1cc(N)ccc1[N+](=O)[O-]. The molecular formula is C14H12ClN3O3. The number of hydrogen-bond donors (Lipinski definition) is 2. The van der Waals surface area contributed by atoms with E-state index in [0.29, 0.717) is 10.7 Å². The molecule has 108 valence electrons. The number of nitro benzene ring substituents is 1. The molecule has 6 nitrogen and oxygen atoms in total. The number of nitrogens with zero attached hydrogens (tertiary/aromatic N) is 1. The first-order chi connectivity index (χ1) is 9.88. The monoisotopic (exact) mass is 305 g/mol. The quantitative estimate of drug-likeness (QED) is 0.516. The molecule has 0 aromatic heterocycles. The molecule has 0 atom stereocenters. The van der Waals surface area contributed by atoms with Gasteiger partial charge in [-0.2, -0.15) is 0 Å². The van der Waals surface area contributed by atoms with E-state index in [2.05, 4.69) is 5.32 Å². The van der Waals surface area contributed by atoms with Crippen molar-refractivity contribution in [3.05, 3.63) is 62.7 Å². The minimum absolute atomic E-state index is 0.0978. The van der Waals surface area contributed by atoms with Crippen molar-refractivity contribution in [2.24, 2.45) is 0 Å². The Kier molecular flexibility index (Phi) is 4.09. The van der Waals surface area contributed by atoms with Crippen LogP contribution in [0.1, 0.15) is 15.9 Å². The van der Waals surface area contributed by atoms with Gasteiger partial charge in [-0.3, -0.25) is 14.9 Å². The number of carbonyl (C=O) groups is 1. The van der Waals surface area contributed by atoms with Gasteiger partial charge in [0.1, 0.15) is 5.56 Å². The third kappa shape index (κ3) is 3.29. The van der Waals surface area contributed by atoms with Crippen molar-refractivity contribution in [3.8, 4) is 0 Å². The molecule has 0 spiro atoms. The number of aryl methyl sites for hydroxylation is 1. The number of nitro groups is 1. The van der Waals surface area contributed by atoms with E-state index in [4.69, 9.17) is 17.3 Å². The average Bonchev–Trinajstić information content (AvgIpc) is 2.42. The Bertz CT molecular complexity index is 731. The summed E-state index contributed by atoms with van der Waals surface area (Å²) in [7, 11) is 0. The summed E-state index contributed by atoms with van der Waals surface area (Å²) in [6.45, 7) is 1.79. The second-order valence-corrected chi connectivity index (χ2v) is 4.88. The number of anilines is 2. The smallest absolute Gasteiger partial charge is 0.282 e. The van der Waals surface area contributed by atoms with Gasteiger partial charge in [-0.1, -0.05) is 17.7 Å². The lowest BCUT2D eigenvalue weighted by Crippen LogP contribution is -2.15. The maximum Gasteiger partial charge on any atom is 0.282 e. The number of halogens is 1. The third-order valence-corrected chi connectivity index (χ3v) is 3.14. The number of benzene rings is 2. The molecule has 2 aromatic carbocycles. The van der Waals surface area contributed by atoms with E-state index in [1.165, 1.54) is 18.2 Å². The van der Waals surface area contributed by atoms with Gasteiger partial charge in [0, 0.05) is 22.5 Å². The van der Waals surface area contributed by atoms with Gasteiger partial charge in [0.15, 0.2) is 0 Å². The van der Waals surface area contributed by atoms with Crippen LogP contribution in [0, 0.1) is 17.0 Å². The van der Waals surface area contributed by atoms with Crippen LogP contribution in [-0.2, 0) is 0 Å². The zero-order valence-electron chi connectivity index (χ0n) is 11.1. The number of hydrogen-bond acceptors (Lipinski definition) is 4. The van der Waals surface area contributed by atoms with E-state index in [1.807, 2.05) is 0 Å². The second-order valence-electron chi connectivity index (χ2n) is 4.45. The van der Waals surface area contributed by atoms with Gasteiger partial charge >= 0.3 is 0 Å². The highest BCUT2D eigenvalue weighted by molar-refractivity contribution is 6.31. The van der Waals surface area contributed by atoms with Gasteiger partial charge in [-0.25, -0.2) is 0 Å². The normalized spacial score (nSPS) is 10.2. The fourth-order valence-electron chi connectivity index (χ4n) is 1.81. The van der Waals surface area contributed by atoms with E-state index in [1.54, 1.807) is 25.1 Å². The Morgan fingerprint density at radius 2 is 2.00 bits per heavy atom. The van der Waals surface area contributed by atoms with Crippen LogP contribution in [0.5, 0.6) is 0 Å². The van der Waals surface area contributed by atoms with Crippen molar-refractivity contribution in [3.63, 3.8) is 0 Å². The highest BCUT2D eigenvalue weighted by Crippen LogP contribution is 2.25. The van der Waals surface area contributed by atoms with Gasteiger partial charge in [0.2, 0.25) is 0 Å². The number of nitrogens with one attached hydrogen (secondary N) is 1. The van der Waals surface area contributed by atoms with E-state index in [-0.39, 0.29) is 16.9 Å². The van der Waals surface area contributed by atoms with Crippen LogP contribution < -0.4 is 11.1 Å². The summed E-state index contributed by atoms with van der Waals surface area (Å²) in [5, 5.41) is 14.0. The fraction of sp³-hybridized carbons (Fsp3) is 0.0714. The molecule has 0 saturated carbocycles. The number of rotatable bonds is 3. The molecule has 1 amide bonds. The molecule has 0 aliphatic rings. The number of nitrogen functional groups attached to an aromatic ring is 1. The molecule has 0 saturated heterocycles. The van der Waals surface area contributed by atoms with Crippen LogP contribution in [0.2, 0.25) is 5.02 Å². The largest absolute Gasteiger partial charge is 0.399 e. The van der Waals surface area contributed by atoms with E-state index >= 15 is 0 Å². The van der Waals surface area contributed by atoms with Crippen molar-refractivity contribution < 1.29 is 9.72 Å². The second kappa shape index (κ2) is 5.80. The van der Waals surface area contributed by atoms with Crippen molar-refractivity contribution in [2.45, 2.75) is 6.92 Å². The molecule has 0 aliphatic heterocycles. The highest BCUT2D eigenvalue weighted by atomic mass is 35.5. The minimum atomic E-state index is -0.626. The van der Waals surface area contributed by atoms with Crippen LogP contribution in [0.3, 0.4) is 0 Å². The van der Waals surface area contributed by atoms with Crippen LogP contribution >= 0.6 is 11.6 Å². The third-order valence-electron chi connectivity index (χ3n) is 2.91. The maximum absolute atomic E-state index is 12.2. The van der Waals surface area contributed by atoms with E-state index < -0.39 is 10.8 Å². The first-order valence-corrected chi connectivity index (χ1v) is 6.37. The van der Waals surface area contributed by atoms with Crippen molar-refractivity contribution >= 4 is 34.6 Å². The van der Waals surface area contributed by atoms with E-state index in [0.717, 1.165) is 5.56 Å². The molecule has 0 unspecified atom stereocenters. The maximum atomic E-state index is 12.2. The standard InChI is InChI=1S/C14H12ClN3O3/c1-8-2-3-9(15)6-12(8)17-14(19)11-7-10(16)4-5-13(11)18(20)21/h2-7H,16H2,1H3,(H,17,19). The van der Waals surface area contributed by atoms with Crippen LogP contribution in [0.25, 0.3) is 0 Å². The Hall–Kier alpha value is -2.60. The lowest BCUT2D eigenvalue weighted by molar-refractivity contribution is -0.385. The number of nitrogens with two attached hydrogens (primary N) is 1. The first-order valence-electron chi connectivity index (χ1n) is 6.00. The molecular weight excluding hydrogens is 294 g/mol. The summed E-state index contributed by atoms with van der Waals surface area (Å²) in [5.74, 6) is -0.612. The summed E-state index contributed by atoms with van der Waals surface area (Å²) < 4.78 is 0. The molecule has 7 heteroatoms. The van der Waals surface area contributed by atoms with Crippen molar-refractivity contribution in [1.29, 1.82) is 0 Å². The molecule has 0 aliphatic carbocycles. The van der Waals surface area contributed by atoms with Gasteiger partial charge < -0.3 is 11.1 Å². The molecule has 3 N–H and O–H groups in total. The van der Waals surface area contributed by atoms with Crippen LogP contribution in [-0.4, -0.2) is 10.8 Å². The van der Waals surface area contributed by atoms with Crippen molar-refractivity contribution in [2.75, 3.05) is 11.1 Å². The summed E-state index contributed by atoms with van der Waals surface area (Å²) in [4.78, 5) is 22.6. The zero-order chi connectivity index (χ0) is 15.6. The minimum Gasteiger partial charge on any atom is -0.399 e. The van der Waals surface area contributed by atoms with Crippen LogP contribution in [0.15, 0.2) is 36.4 Å². The van der Waals surface area contributed by atoms with Crippen LogP contribution in [0.4, 0.5) is 17.1 Å². The number of amides is 1. The van der Waals surface area contributed by atoms with E-state index in [9.17, 15) is 14.9 Å². The Labute approximate surface area is 125 Å². The Balaban J connectivity index is 2.39. The lowest BCUT2D eigenvalue weighted by atomic mass is 10.1. The lowest BCUT2D eigenvalue weighted by Gasteiger charge is -2.09. The fourth-order valence-corrected chi connectivity index (χ4v) is 1.99.